The summed E-state index contributed by atoms with van der Waals surface area (Å²) in [5.41, 5.74) is 9.70. The Balaban J connectivity index is 1.99. The van der Waals surface area contributed by atoms with Crippen molar-refractivity contribution in [2.75, 3.05) is 6.61 Å². The van der Waals surface area contributed by atoms with Crippen LogP contribution < -0.4 is 5.73 Å². The van der Waals surface area contributed by atoms with Gasteiger partial charge in [0, 0.05) is 11.5 Å². The zero-order valence-corrected chi connectivity index (χ0v) is 16.0. The van der Waals surface area contributed by atoms with E-state index < -0.39 is 5.54 Å². The number of fused-ring (bicyclic) bond motifs is 1. The molecule has 138 valence electrons. The zero-order valence-electron chi connectivity index (χ0n) is 16.0. The molecule has 1 aliphatic carbocycles. The van der Waals surface area contributed by atoms with Crippen LogP contribution in [0.1, 0.15) is 81.4 Å². The minimum Gasteiger partial charge on any atom is -0.394 e. The molecule has 0 fully saturated rings. The van der Waals surface area contributed by atoms with Crippen LogP contribution in [0.4, 0.5) is 0 Å². The minimum absolute atomic E-state index is 0.0101. The smallest absolute Gasteiger partial charge is 0.0608 e. The molecule has 0 unspecified atom stereocenters. The number of benzene rings is 1. The monoisotopic (exact) mass is 341 g/mol. The van der Waals surface area contributed by atoms with Gasteiger partial charge in [0.15, 0.2) is 0 Å². The minimum atomic E-state index is -0.548. The maximum Gasteiger partial charge on any atom is 0.0608 e. The fourth-order valence-corrected chi connectivity index (χ4v) is 3.58. The van der Waals surface area contributed by atoms with Gasteiger partial charge in [0.05, 0.1) is 6.61 Å². The molecule has 25 heavy (non-hydrogen) atoms. The van der Waals surface area contributed by atoms with Crippen LogP contribution in [0.2, 0.25) is 0 Å². The highest BCUT2D eigenvalue weighted by atomic mass is 16.3. The van der Waals surface area contributed by atoms with Crippen molar-refractivity contribution in [3.63, 3.8) is 0 Å². The number of aliphatic hydroxyl groups excluding tert-OH is 1. The Bertz CT molecular complexity index is 586. The first-order valence-electron chi connectivity index (χ1n) is 9.93. The third kappa shape index (κ3) is 6.45. The molecule has 0 saturated heterocycles. The molecule has 0 radical (unpaired) electrons. The number of unbranched alkanes of at least 4 members (excludes halogenated alkanes) is 5. The van der Waals surface area contributed by atoms with Crippen LogP contribution in [0.3, 0.4) is 0 Å². The molecule has 0 saturated carbocycles. The van der Waals surface area contributed by atoms with Crippen LogP contribution in [0.15, 0.2) is 36.4 Å². The molecule has 2 nitrogen and oxygen atoms in total. The predicted molar refractivity (Wildman–Crippen MR) is 109 cm³/mol. The first kappa shape index (κ1) is 19.9. The van der Waals surface area contributed by atoms with Crippen LogP contribution in [0, 0.1) is 0 Å². The highest BCUT2D eigenvalue weighted by Crippen LogP contribution is 2.32. The van der Waals surface area contributed by atoms with Crippen molar-refractivity contribution >= 4 is 6.08 Å². The van der Waals surface area contributed by atoms with Gasteiger partial charge in [0.2, 0.25) is 0 Å². The van der Waals surface area contributed by atoms with E-state index in [0.717, 1.165) is 12.8 Å². The summed E-state index contributed by atoms with van der Waals surface area (Å²) in [4.78, 5) is 0. The van der Waals surface area contributed by atoms with E-state index in [-0.39, 0.29) is 12.5 Å². The van der Waals surface area contributed by atoms with Gasteiger partial charge in [-0.1, -0.05) is 81.5 Å². The van der Waals surface area contributed by atoms with Crippen LogP contribution >= 0.6 is 0 Å². The lowest BCUT2D eigenvalue weighted by Crippen LogP contribution is -2.41. The van der Waals surface area contributed by atoms with E-state index in [1.165, 1.54) is 55.2 Å². The first-order chi connectivity index (χ1) is 12.1. The second-order valence-electron chi connectivity index (χ2n) is 7.85. The van der Waals surface area contributed by atoms with Gasteiger partial charge in [-0.05, 0) is 42.9 Å². The molecule has 0 aromatic heterocycles. The van der Waals surface area contributed by atoms with Gasteiger partial charge in [-0.2, -0.15) is 0 Å². The Morgan fingerprint density at radius 2 is 1.84 bits per heavy atom. The van der Waals surface area contributed by atoms with Gasteiger partial charge in [-0.25, -0.2) is 0 Å². The SMILES string of the molecule is CCCCCCCCc1ccc2c(c1)C=CC=C[C@@H]2C[C@](C)(N)CO. The molecule has 0 heterocycles. The summed E-state index contributed by atoms with van der Waals surface area (Å²) in [7, 11) is 0. The second kappa shape index (κ2) is 9.94. The lowest BCUT2D eigenvalue weighted by Gasteiger charge is -2.27. The van der Waals surface area contributed by atoms with Gasteiger partial charge in [0.25, 0.3) is 0 Å². The zero-order chi connectivity index (χ0) is 18.1. The van der Waals surface area contributed by atoms with Crippen molar-refractivity contribution < 1.29 is 5.11 Å². The topological polar surface area (TPSA) is 46.2 Å². The summed E-state index contributed by atoms with van der Waals surface area (Å²) in [5, 5.41) is 9.50. The number of hydrogen-bond acceptors (Lipinski definition) is 2. The summed E-state index contributed by atoms with van der Waals surface area (Å²) in [5.74, 6) is 0.259. The number of aryl methyl sites for hydroxylation is 1. The van der Waals surface area contributed by atoms with E-state index in [4.69, 9.17) is 5.73 Å². The van der Waals surface area contributed by atoms with Crippen LogP contribution in [-0.2, 0) is 6.42 Å². The van der Waals surface area contributed by atoms with Gasteiger partial charge in [0.1, 0.15) is 0 Å². The molecule has 1 aromatic rings. The Morgan fingerprint density at radius 1 is 1.08 bits per heavy atom. The number of rotatable bonds is 10. The third-order valence-electron chi connectivity index (χ3n) is 5.15. The Hall–Kier alpha value is -1.38. The van der Waals surface area contributed by atoms with Gasteiger partial charge in [-0.3, -0.25) is 0 Å². The highest BCUT2D eigenvalue weighted by Gasteiger charge is 2.24. The van der Waals surface area contributed by atoms with Crippen molar-refractivity contribution in [3.8, 4) is 0 Å². The van der Waals surface area contributed by atoms with Crippen LogP contribution in [-0.4, -0.2) is 17.3 Å². The molecule has 0 bridgehead atoms. The van der Waals surface area contributed by atoms with Gasteiger partial charge in [-0.15, -0.1) is 0 Å². The van der Waals surface area contributed by atoms with E-state index in [0.29, 0.717) is 0 Å². The fourth-order valence-electron chi connectivity index (χ4n) is 3.58. The molecule has 2 rings (SSSR count). The van der Waals surface area contributed by atoms with E-state index >= 15 is 0 Å². The number of nitrogens with two attached hydrogens (primary N) is 1. The molecule has 3 N–H and O–H groups in total. The summed E-state index contributed by atoms with van der Waals surface area (Å²) < 4.78 is 0. The van der Waals surface area contributed by atoms with Gasteiger partial charge >= 0.3 is 0 Å². The van der Waals surface area contributed by atoms with Crippen molar-refractivity contribution in [1.82, 2.24) is 0 Å². The quantitative estimate of drug-likeness (QED) is 0.563. The lowest BCUT2D eigenvalue weighted by molar-refractivity contribution is 0.197. The van der Waals surface area contributed by atoms with Crippen LogP contribution in [0.25, 0.3) is 6.08 Å². The summed E-state index contributed by atoms with van der Waals surface area (Å²) in [6, 6.07) is 6.88. The van der Waals surface area contributed by atoms with Crippen molar-refractivity contribution in [2.45, 2.75) is 76.7 Å². The maximum atomic E-state index is 9.50. The number of aliphatic hydroxyl groups is 1. The average Bonchev–Trinajstić information content (AvgIpc) is 2.79. The Labute approximate surface area is 153 Å². The summed E-state index contributed by atoms with van der Waals surface area (Å²) in [6.45, 7) is 4.20. The Kier molecular flexibility index (Phi) is 7.92. The van der Waals surface area contributed by atoms with Crippen LogP contribution in [0.5, 0.6) is 0 Å². The maximum absolute atomic E-state index is 9.50. The Morgan fingerprint density at radius 3 is 2.60 bits per heavy atom. The molecule has 2 atom stereocenters. The average molecular weight is 342 g/mol. The first-order valence-corrected chi connectivity index (χ1v) is 9.93. The van der Waals surface area contributed by atoms with Crippen molar-refractivity contribution in [2.24, 2.45) is 5.73 Å². The van der Waals surface area contributed by atoms with E-state index in [2.05, 4.69) is 49.4 Å². The van der Waals surface area contributed by atoms with E-state index in [1.807, 2.05) is 6.92 Å². The second-order valence-corrected chi connectivity index (χ2v) is 7.85. The summed E-state index contributed by atoms with van der Waals surface area (Å²) >= 11 is 0. The molecule has 0 spiro atoms. The largest absolute Gasteiger partial charge is 0.394 e. The number of allylic oxidation sites excluding steroid dienone is 3. The lowest BCUT2D eigenvalue weighted by atomic mass is 9.83. The van der Waals surface area contributed by atoms with Gasteiger partial charge < -0.3 is 10.8 Å². The van der Waals surface area contributed by atoms with Crippen molar-refractivity contribution in [1.29, 1.82) is 0 Å². The standard InChI is InChI=1S/C23H35NO/c1-3-4-5-6-7-8-11-19-14-15-22-20(16-19)12-9-10-13-21(22)17-23(2,24)18-25/h9-10,12-16,21,25H,3-8,11,17-18,24H2,1-2H3/t21-,23+/m1/s1. The molecule has 0 aliphatic heterocycles. The molecule has 1 aromatic carbocycles. The fraction of sp³-hybridized carbons (Fsp3) is 0.565. The normalized spacial score (nSPS) is 18.6. The third-order valence-corrected chi connectivity index (χ3v) is 5.15. The molecule has 0 amide bonds. The molecule has 1 aliphatic rings. The molecular weight excluding hydrogens is 306 g/mol. The van der Waals surface area contributed by atoms with Crippen molar-refractivity contribution in [3.05, 3.63) is 53.1 Å². The summed E-state index contributed by atoms with van der Waals surface area (Å²) in [6.07, 6.45) is 18.6. The molecule has 2 heteroatoms. The highest BCUT2D eigenvalue weighted by molar-refractivity contribution is 5.60. The van der Waals surface area contributed by atoms with E-state index in [1.54, 1.807) is 0 Å². The number of hydrogen-bond donors (Lipinski definition) is 2. The molecular formula is C23H35NO. The van der Waals surface area contributed by atoms with E-state index in [9.17, 15) is 5.11 Å². The predicted octanol–water partition coefficient (Wildman–Crippen LogP) is 5.36.